The van der Waals surface area contributed by atoms with Crippen molar-refractivity contribution in [2.24, 2.45) is 5.92 Å². The molecule has 0 saturated carbocycles. The third kappa shape index (κ3) is 8.42. The number of benzene rings is 4. The van der Waals surface area contributed by atoms with E-state index in [4.69, 9.17) is 18.9 Å². The van der Waals surface area contributed by atoms with E-state index >= 15 is 0 Å². The van der Waals surface area contributed by atoms with Gasteiger partial charge in [-0.15, -0.1) is 0 Å². The van der Waals surface area contributed by atoms with E-state index in [1.807, 2.05) is 0 Å². The molecule has 17 nitrogen and oxygen atoms in total. The minimum Gasteiger partial charge on any atom is -0.479 e. The Morgan fingerprint density at radius 2 is 1.27 bits per heavy atom. The number of carboxylic acid groups (broad SMARTS) is 2. The van der Waals surface area contributed by atoms with Crippen molar-refractivity contribution in [3.8, 4) is 22.6 Å². The van der Waals surface area contributed by atoms with Gasteiger partial charge in [-0.3, -0.25) is 4.79 Å². The van der Waals surface area contributed by atoms with E-state index in [9.17, 15) is 64.7 Å². The van der Waals surface area contributed by atoms with Crippen molar-refractivity contribution in [2.75, 3.05) is 4.90 Å². The minimum absolute atomic E-state index is 0.0305. The molecule has 4 unspecified atom stereocenters. The highest BCUT2D eigenvalue weighted by atomic mass is 19.1. The summed E-state index contributed by atoms with van der Waals surface area (Å²) >= 11 is 0. The zero-order valence-corrected chi connectivity index (χ0v) is 31.4. The van der Waals surface area contributed by atoms with Crippen molar-refractivity contribution in [2.45, 2.75) is 86.4 Å². The van der Waals surface area contributed by atoms with Crippen LogP contribution in [0.5, 0.6) is 11.5 Å². The minimum atomic E-state index is -2.01. The van der Waals surface area contributed by atoms with E-state index in [1.54, 1.807) is 54.6 Å². The fraction of sp³-hybridized carbons (Fsp3) is 0.357. The van der Waals surface area contributed by atoms with Crippen LogP contribution in [0.2, 0.25) is 0 Å². The van der Waals surface area contributed by atoms with Gasteiger partial charge in [-0.05, 0) is 72.0 Å². The standard InChI is InChI=1S/C42H42FNO16/c43-22-12-9-19(10-13-22)27(45)16-15-26-29(44(38(26)52)23-6-2-1-3-7-23)25-14-11-21(18-28(25)58-42-35(51)31(47)33(49)37(60-42)40(55)56)20-5-4-8-24(17-20)57-41-34(50)30(46)32(48)36(59-41)39(53)54/h1-14,17-18,26-27,29-37,41-42,45-51H,15-16H2,(H,53,54)(H,55,56)/t26-,27+,29-,30+,31+,32+,33+,34?,35?,36?,37?,41-,42-/m1/s1. The van der Waals surface area contributed by atoms with Gasteiger partial charge in [-0.2, -0.15) is 0 Å². The van der Waals surface area contributed by atoms with E-state index in [0.717, 1.165) is 0 Å². The number of anilines is 1. The zero-order valence-electron chi connectivity index (χ0n) is 31.4. The SMILES string of the molecule is O=C(O)C1O[C@@H](Oc2cccc(-c3ccc([C@@H]4[C@@H](CC[C@H](O)c5ccc(F)cc5)C(=O)N4c4ccccc4)c(O[C@@H]4OC(C(=O)O)[C@@H](O)[C@H](O)C4O)c3)c2)C(O)[C@@H](O)[C@@H]1O. The topological polar surface area (TPSA) is 273 Å². The van der Waals surface area contributed by atoms with E-state index in [1.165, 1.54) is 47.4 Å². The van der Waals surface area contributed by atoms with Gasteiger partial charge in [0.05, 0.1) is 18.1 Å². The smallest absolute Gasteiger partial charge is 0.335 e. The molecule has 3 saturated heterocycles. The Balaban J connectivity index is 1.26. The van der Waals surface area contributed by atoms with E-state index in [0.29, 0.717) is 27.9 Å². The Bertz CT molecular complexity index is 2180. The molecule has 318 valence electrons. The molecule has 3 fully saturated rings. The summed E-state index contributed by atoms with van der Waals surface area (Å²) in [6, 6.07) is 24.0. The maximum Gasteiger partial charge on any atom is 0.335 e. The molecule has 3 aliphatic rings. The number of carboxylic acids is 2. The van der Waals surface area contributed by atoms with Gasteiger partial charge in [0.15, 0.2) is 12.2 Å². The number of nitrogens with zero attached hydrogens (tertiary/aromatic N) is 1. The van der Waals surface area contributed by atoms with Crippen LogP contribution in [0.3, 0.4) is 0 Å². The number of halogens is 1. The van der Waals surface area contributed by atoms with Gasteiger partial charge in [-0.1, -0.05) is 54.6 Å². The van der Waals surface area contributed by atoms with Crippen LogP contribution in [0.4, 0.5) is 10.1 Å². The van der Waals surface area contributed by atoms with Gasteiger partial charge in [0.25, 0.3) is 0 Å². The molecule has 4 aromatic carbocycles. The largest absolute Gasteiger partial charge is 0.479 e. The van der Waals surface area contributed by atoms with Crippen molar-refractivity contribution in [3.63, 3.8) is 0 Å². The van der Waals surface area contributed by atoms with Crippen LogP contribution in [0, 0.1) is 11.7 Å². The van der Waals surface area contributed by atoms with Crippen molar-refractivity contribution in [1.29, 1.82) is 0 Å². The van der Waals surface area contributed by atoms with Gasteiger partial charge in [0.2, 0.25) is 18.5 Å². The average molecular weight is 836 g/mol. The Morgan fingerprint density at radius 3 is 1.87 bits per heavy atom. The van der Waals surface area contributed by atoms with Gasteiger partial charge < -0.3 is 69.8 Å². The monoisotopic (exact) mass is 835 g/mol. The molecule has 13 atom stereocenters. The van der Waals surface area contributed by atoms with Gasteiger partial charge >= 0.3 is 11.9 Å². The molecule has 7 rings (SSSR count). The predicted molar refractivity (Wildman–Crippen MR) is 203 cm³/mol. The molecule has 1 amide bonds. The number of ether oxygens (including phenoxy) is 4. The van der Waals surface area contributed by atoms with E-state index in [-0.39, 0.29) is 30.2 Å². The second kappa shape index (κ2) is 17.6. The highest BCUT2D eigenvalue weighted by molar-refractivity contribution is 6.03. The summed E-state index contributed by atoms with van der Waals surface area (Å²) < 4.78 is 36.3. The van der Waals surface area contributed by atoms with Gasteiger partial charge in [0.1, 0.15) is 53.9 Å². The maximum absolute atomic E-state index is 14.0. The molecule has 0 aromatic heterocycles. The van der Waals surface area contributed by atoms with Crippen LogP contribution in [-0.2, 0) is 23.9 Å². The summed E-state index contributed by atoms with van der Waals surface area (Å²) in [6.45, 7) is 0. The summed E-state index contributed by atoms with van der Waals surface area (Å²) in [5.74, 6) is -4.82. The summed E-state index contributed by atoms with van der Waals surface area (Å²) in [6.07, 6.45) is -20.0. The lowest BCUT2D eigenvalue weighted by molar-refractivity contribution is -0.271. The molecule has 0 spiro atoms. The lowest BCUT2D eigenvalue weighted by Gasteiger charge is -2.48. The number of amides is 1. The van der Waals surface area contributed by atoms with Crippen LogP contribution >= 0.6 is 0 Å². The number of carbonyl (C=O) groups excluding carboxylic acids is 1. The summed E-state index contributed by atoms with van der Waals surface area (Å²) in [5, 5.41) is 93.0. The molecule has 3 aliphatic heterocycles. The Kier molecular flexibility index (Phi) is 12.5. The Hall–Kier alpha value is -5.54. The molecule has 0 bridgehead atoms. The molecular weight excluding hydrogens is 793 g/mol. The number of β-lactam (4-membered cyclic amide) rings is 1. The number of carbonyl (C=O) groups is 3. The first-order chi connectivity index (χ1) is 28.6. The zero-order chi connectivity index (χ0) is 43.0. The molecule has 9 N–H and O–H groups in total. The Labute approximate surface area is 340 Å². The Morgan fingerprint density at radius 1 is 0.683 bits per heavy atom. The number of hydrogen-bond donors (Lipinski definition) is 9. The normalized spacial score (nSPS) is 30.9. The summed E-state index contributed by atoms with van der Waals surface area (Å²) in [5.41, 5.74) is 2.10. The first kappa shape index (κ1) is 42.6. The quantitative estimate of drug-likeness (QED) is 0.0858. The maximum atomic E-state index is 14.0. The fourth-order valence-electron chi connectivity index (χ4n) is 7.62. The van der Waals surface area contributed by atoms with Crippen molar-refractivity contribution < 1.29 is 83.7 Å². The number of aliphatic hydroxyl groups is 7. The van der Waals surface area contributed by atoms with Crippen molar-refractivity contribution in [3.05, 3.63) is 114 Å². The van der Waals surface area contributed by atoms with E-state index < -0.39 is 97.2 Å². The van der Waals surface area contributed by atoms with Gasteiger partial charge in [-0.25, -0.2) is 14.0 Å². The molecule has 0 aliphatic carbocycles. The molecular formula is C42H42FNO16. The number of aliphatic hydroxyl groups excluding tert-OH is 7. The van der Waals surface area contributed by atoms with Crippen molar-refractivity contribution in [1.82, 2.24) is 0 Å². The van der Waals surface area contributed by atoms with Crippen LogP contribution in [-0.4, -0.2) is 125 Å². The van der Waals surface area contributed by atoms with Crippen LogP contribution < -0.4 is 14.4 Å². The number of rotatable bonds is 13. The third-order valence-corrected chi connectivity index (χ3v) is 10.9. The number of hydrogen-bond acceptors (Lipinski definition) is 14. The van der Waals surface area contributed by atoms with Crippen LogP contribution in [0.15, 0.2) is 97.1 Å². The van der Waals surface area contributed by atoms with Crippen molar-refractivity contribution >= 4 is 23.5 Å². The van der Waals surface area contributed by atoms with Crippen LogP contribution in [0.1, 0.15) is 36.1 Å². The lowest BCUT2D eigenvalue weighted by Crippen LogP contribution is -2.61. The fourth-order valence-corrected chi connectivity index (χ4v) is 7.62. The average Bonchev–Trinajstić information content (AvgIpc) is 3.23. The van der Waals surface area contributed by atoms with Gasteiger partial charge in [0, 0.05) is 11.3 Å². The number of para-hydroxylation sites is 1. The van der Waals surface area contributed by atoms with E-state index in [2.05, 4.69) is 0 Å². The molecule has 18 heteroatoms. The highest BCUT2D eigenvalue weighted by Crippen LogP contribution is 2.50. The first-order valence-electron chi connectivity index (χ1n) is 18.9. The summed E-state index contributed by atoms with van der Waals surface area (Å²) in [4.78, 5) is 39.1. The summed E-state index contributed by atoms with van der Waals surface area (Å²) in [7, 11) is 0. The molecule has 4 aromatic rings. The first-order valence-corrected chi connectivity index (χ1v) is 18.9. The molecule has 3 heterocycles. The van der Waals surface area contributed by atoms with Crippen LogP contribution in [0.25, 0.3) is 11.1 Å². The molecule has 60 heavy (non-hydrogen) atoms. The number of aliphatic carboxylic acids is 2. The second-order valence-electron chi connectivity index (χ2n) is 14.7. The third-order valence-electron chi connectivity index (χ3n) is 10.9. The highest BCUT2D eigenvalue weighted by Gasteiger charge is 2.52. The second-order valence-corrected chi connectivity index (χ2v) is 14.7. The molecule has 0 radical (unpaired) electrons. The predicted octanol–water partition coefficient (Wildman–Crippen LogP) is 1.25. The lowest BCUT2D eigenvalue weighted by atomic mass is 9.77.